The molecule has 7 nitrogen and oxygen atoms in total. The molecular formula is C19H25N5O2. The average molecular weight is 355 g/mol. The summed E-state index contributed by atoms with van der Waals surface area (Å²) in [5.74, 6) is 0. The summed E-state index contributed by atoms with van der Waals surface area (Å²) < 4.78 is 0. The molecule has 2 N–H and O–H groups in total. The molecule has 1 aliphatic heterocycles. The van der Waals surface area contributed by atoms with Crippen molar-refractivity contribution in [3.8, 4) is 0 Å². The zero-order valence-corrected chi connectivity index (χ0v) is 15.0. The van der Waals surface area contributed by atoms with E-state index in [1.165, 1.54) is 0 Å². The van der Waals surface area contributed by atoms with Crippen molar-refractivity contribution in [3.63, 3.8) is 0 Å². The number of anilines is 3. The van der Waals surface area contributed by atoms with Gasteiger partial charge in [-0.25, -0.2) is 0 Å². The van der Waals surface area contributed by atoms with Crippen molar-refractivity contribution in [2.24, 2.45) is 0 Å². The SMILES string of the molecule is CN1CCN(c2ccccc2N)CCN(c2ccccc2[N+](=O)[O-])CC1. The van der Waals surface area contributed by atoms with Gasteiger partial charge < -0.3 is 20.4 Å². The molecule has 1 heterocycles. The number of rotatable bonds is 3. The van der Waals surface area contributed by atoms with Gasteiger partial charge in [0.05, 0.1) is 16.3 Å². The molecule has 0 aromatic heterocycles. The second kappa shape index (κ2) is 8.05. The van der Waals surface area contributed by atoms with E-state index in [4.69, 9.17) is 5.73 Å². The molecule has 1 fully saturated rings. The van der Waals surface area contributed by atoms with Gasteiger partial charge in [0, 0.05) is 45.3 Å². The van der Waals surface area contributed by atoms with E-state index in [9.17, 15) is 10.1 Å². The molecule has 0 unspecified atom stereocenters. The first-order chi connectivity index (χ1) is 12.6. The van der Waals surface area contributed by atoms with Gasteiger partial charge in [-0.15, -0.1) is 0 Å². The molecule has 0 bridgehead atoms. The first kappa shape index (κ1) is 18.0. The zero-order chi connectivity index (χ0) is 18.5. The maximum atomic E-state index is 11.4. The molecule has 138 valence electrons. The van der Waals surface area contributed by atoms with E-state index < -0.39 is 0 Å². The Morgan fingerprint density at radius 1 is 0.846 bits per heavy atom. The lowest BCUT2D eigenvalue weighted by Gasteiger charge is -2.29. The summed E-state index contributed by atoms with van der Waals surface area (Å²) in [5, 5.41) is 11.4. The number of hydrogen-bond donors (Lipinski definition) is 1. The minimum absolute atomic E-state index is 0.153. The molecular weight excluding hydrogens is 330 g/mol. The molecule has 0 atom stereocenters. The minimum atomic E-state index is -0.307. The minimum Gasteiger partial charge on any atom is -0.397 e. The molecule has 0 saturated carbocycles. The van der Waals surface area contributed by atoms with Gasteiger partial charge in [-0.3, -0.25) is 10.1 Å². The summed E-state index contributed by atoms with van der Waals surface area (Å²) in [6, 6.07) is 14.8. The van der Waals surface area contributed by atoms with Crippen LogP contribution in [0.2, 0.25) is 0 Å². The summed E-state index contributed by atoms with van der Waals surface area (Å²) in [7, 11) is 2.08. The number of nitro groups is 1. The van der Waals surface area contributed by atoms with E-state index in [0.717, 1.165) is 44.1 Å². The normalized spacial score (nSPS) is 16.7. The number of nitrogen functional groups attached to an aromatic ring is 1. The van der Waals surface area contributed by atoms with Gasteiger partial charge in [0.15, 0.2) is 0 Å². The average Bonchev–Trinajstić information content (AvgIpc) is 2.73. The number of nitrogens with zero attached hydrogens (tertiary/aromatic N) is 4. The standard InChI is InChI=1S/C19H25N5O2/c1-21-10-12-22(17-7-3-2-6-16(17)20)14-15-23(13-11-21)18-8-4-5-9-19(18)24(25)26/h2-9H,10-15,20H2,1H3. The Morgan fingerprint density at radius 2 is 1.35 bits per heavy atom. The molecule has 1 saturated heterocycles. The second-order valence-corrected chi connectivity index (χ2v) is 6.58. The predicted octanol–water partition coefficient (Wildman–Crippen LogP) is 2.44. The molecule has 2 aromatic rings. The molecule has 0 spiro atoms. The third-order valence-corrected chi connectivity index (χ3v) is 4.84. The van der Waals surface area contributed by atoms with Gasteiger partial charge in [0.25, 0.3) is 5.69 Å². The smallest absolute Gasteiger partial charge is 0.292 e. The van der Waals surface area contributed by atoms with E-state index >= 15 is 0 Å². The maximum Gasteiger partial charge on any atom is 0.292 e. The van der Waals surface area contributed by atoms with Crippen LogP contribution in [0.4, 0.5) is 22.7 Å². The fourth-order valence-corrected chi connectivity index (χ4v) is 3.30. The number of nitro benzene ring substituents is 1. The predicted molar refractivity (Wildman–Crippen MR) is 106 cm³/mol. The summed E-state index contributed by atoms with van der Waals surface area (Å²) in [6.45, 7) is 4.85. The number of para-hydroxylation sites is 4. The lowest BCUT2D eigenvalue weighted by Crippen LogP contribution is -2.36. The third-order valence-electron chi connectivity index (χ3n) is 4.84. The van der Waals surface area contributed by atoms with Crippen LogP contribution in [0, 0.1) is 10.1 Å². The van der Waals surface area contributed by atoms with Crippen molar-refractivity contribution >= 4 is 22.7 Å². The van der Waals surface area contributed by atoms with E-state index in [0.29, 0.717) is 12.2 Å². The van der Waals surface area contributed by atoms with Gasteiger partial charge in [-0.1, -0.05) is 24.3 Å². The van der Waals surface area contributed by atoms with Crippen LogP contribution in [-0.2, 0) is 0 Å². The number of benzene rings is 2. The van der Waals surface area contributed by atoms with Crippen molar-refractivity contribution in [1.29, 1.82) is 0 Å². The topological polar surface area (TPSA) is 78.9 Å². The lowest BCUT2D eigenvalue weighted by atomic mass is 10.2. The highest BCUT2D eigenvalue weighted by Gasteiger charge is 2.21. The van der Waals surface area contributed by atoms with Crippen molar-refractivity contribution < 1.29 is 4.92 Å². The Kier molecular flexibility index (Phi) is 5.58. The number of likely N-dealkylation sites (N-methyl/N-ethyl adjacent to an activating group) is 1. The van der Waals surface area contributed by atoms with Crippen LogP contribution in [0.25, 0.3) is 0 Å². The van der Waals surface area contributed by atoms with Gasteiger partial charge in [-0.05, 0) is 25.2 Å². The van der Waals surface area contributed by atoms with Gasteiger partial charge >= 0.3 is 0 Å². The van der Waals surface area contributed by atoms with E-state index in [1.54, 1.807) is 12.1 Å². The second-order valence-electron chi connectivity index (χ2n) is 6.58. The Balaban J connectivity index is 1.87. The summed E-state index contributed by atoms with van der Waals surface area (Å²) in [4.78, 5) is 17.7. The van der Waals surface area contributed by atoms with Gasteiger partial charge in [-0.2, -0.15) is 0 Å². The molecule has 7 heteroatoms. The van der Waals surface area contributed by atoms with Crippen molar-refractivity contribution in [3.05, 3.63) is 58.6 Å². The molecule has 26 heavy (non-hydrogen) atoms. The summed E-state index contributed by atoms with van der Waals surface area (Å²) in [5.41, 5.74) is 8.77. The Bertz CT molecular complexity index is 767. The lowest BCUT2D eigenvalue weighted by molar-refractivity contribution is -0.384. The Morgan fingerprint density at radius 3 is 1.96 bits per heavy atom. The molecule has 3 rings (SSSR count). The highest BCUT2D eigenvalue weighted by Crippen LogP contribution is 2.28. The fraction of sp³-hybridized carbons (Fsp3) is 0.368. The molecule has 2 aromatic carbocycles. The Labute approximate surface area is 153 Å². The van der Waals surface area contributed by atoms with E-state index in [-0.39, 0.29) is 10.6 Å². The summed E-state index contributed by atoms with van der Waals surface area (Å²) in [6.07, 6.45) is 0. The largest absolute Gasteiger partial charge is 0.397 e. The fourth-order valence-electron chi connectivity index (χ4n) is 3.30. The maximum absolute atomic E-state index is 11.4. The molecule has 0 amide bonds. The monoisotopic (exact) mass is 355 g/mol. The van der Waals surface area contributed by atoms with Crippen molar-refractivity contribution in [2.45, 2.75) is 0 Å². The zero-order valence-electron chi connectivity index (χ0n) is 15.0. The summed E-state index contributed by atoms with van der Waals surface area (Å²) >= 11 is 0. The first-order valence-electron chi connectivity index (χ1n) is 8.82. The number of nitrogens with two attached hydrogens (primary N) is 1. The van der Waals surface area contributed by atoms with Crippen LogP contribution in [0.5, 0.6) is 0 Å². The van der Waals surface area contributed by atoms with Crippen LogP contribution in [0.1, 0.15) is 0 Å². The van der Waals surface area contributed by atoms with Crippen molar-refractivity contribution in [1.82, 2.24) is 4.90 Å². The molecule has 1 aliphatic rings. The molecule has 0 aliphatic carbocycles. The van der Waals surface area contributed by atoms with Crippen LogP contribution in [-0.4, -0.2) is 56.1 Å². The van der Waals surface area contributed by atoms with Crippen LogP contribution in [0.15, 0.2) is 48.5 Å². The van der Waals surface area contributed by atoms with Crippen LogP contribution < -0.4 is 15.5 Å². The third kappa shape index (κ3) is 4.05. The van der Waals surface area contributed by atoms with Crippen LogP contribution >= 0.6 is 0 Å². The van der Waals surface area contributed by atoms with Gasteiger partial charge in [0.2, 0.25) is 0 Å². The van der Waals surface area contributed by atoms with E-state index in [1.807, 2.05) is 36.4 Å². The molecule has 0 radical (unpaired) electrons. The number of hydrogen-bond acceptors (Lipinski definition) is 6. The highest BCUT2D eigenvalue weighted by molar-refractivity contribution is 5.68. The highest BCUT2D eigenvalue weighted by atomic mass is 16.6. The quantitative estimate of drug-likeness (QED) is 0.518. The van der Waals surface area contributed by atoms with E-state index in [2.05, 4.69) is 21.7 Å². The first-order valence-corrected chi connectivity index (χ1v) is 8.82. The van der Waals surface area contributed by atoms with Gasteiger partial charge in [0.1, 0.15) is 5.69 Å². The Hall–Kier alpha value is -2.80. The van der Waals surface area contributed by atoms with Crippen molar-refractivity contribution in [2.75, 3.05) is 61.8 Å². The van der Waals surface area contributed by atoms with Crippen LogP contribution in [0.3, 0.4) is 0 Å².